The predicted molar refractivity (Wildman–Crippen MR) is 78.2 cm³/mol. The fraction of sp³-hybridized carbons (Fsp3) is 0.600. The van der Waals surface area contributed by atoms with Crippen molar-refractivity contribution in [1.82, 2.24) is 10.3 Å². The molecule has 0 heterocycles. The van der Waals surface area contributed by atoms with Gasteiger partial charge in [-0.3, -0.25) is 16.2 Å². The van der Waals surface area contributed by atoms with Gasteiger partial charge in [-0.2, -0.15) is 0 Å². The van der Waals surface area contributed by atoms with Gasteiger partial charge in [-0.1, -0.05) is 26.0 Å². The molecule has 1 aromatic carbocycles. The van der Waals surface area contributed by atoms with Crippen molar-refractivity contribution in [3.05, 3.63) is 35.1 Å². The van der Waals surface area contributed by atoms with E-state index in [4.69, 9.17) is 5.84 Å². The molecule has 1 rings (SSSR count). The van der Waals surface area contributed by atoms with Crippen LogP contribution >= 0.6 is 0 Å². The molecule has 0 bridgehead atoms. The molecule has 0 saturated carbocycles. The fourth-order valence-electron chi connectivity index (χ4n) is 2.78. The van der Waals surface area contributed by atoms with Crippen LogP contribution in [0.1, 0.15) is 44.9 Å². The Morgan fingerprint density at radius 1 is 1.32 bits per heavy atom. The van der Waals surface area contributed by atoms with Crippen molar-refractivity contribution in [3.63, 3.8) is 0 Å². The lowest BCUT2D eigenvalue weighted by molar-refractivity contribution is 0.0912. The lowest BCUT2D eigenvalue weighted by Gasteiger charge is -2.43. The first-order chi connectivity index (χ1) is 8.88. The van der Waals surface area contributed by atoms with Crippen LogP contribution in [0, 0.1) is 12.7 Å². The van der Waals surface area contributed by atoms with E-state index in [1.54, 1.807) is 13.0 Å². The summed E-state index contributed by atoms with van der Waals surface area (Å²) in [7, 11) is 0. The number of rotatable bonds is 6. The zero-order valence-electron chi connectivity index (χ0n) is 12.6. The summed E-state index contributed by atoms with van der Waals surface area (Å²) in [5.41, 5.74) is 4.40. The van der Waals surface area contributed by atoms with Crippen molar-refractivity contribution < 1.29 is 4.39 Å². The van der Waals surface area contributed by atoms with Gasteiger partial charge in [-0.25, -0.2) is 4.39 Å². The summed E-state index contributed by atoms with van der Waals surface area (Å²) in [6.07, 6.45) is 0. The molecule has 0 fully saturated rings. The molecule has 0 spiro atoms. The third-order valence-corrected chi connectivity index (χ3v) is 3.97. The monoisotopic (exact) mass is 267 g/mol. The molecule has 0 aromatic heterocycles. The van der Waals surface area contributed by atoms with E-state index in [1.807, 2.05) is 6.07 Å². The Labute approximate surface area is 116 Å². The number of aryl methyl sites for hydroxylation is 1. The third-order valence-electron chi connectivity index (χ3n) is 3.97. The lowest BCUT2D eigenvalue weighted by atomic mass is 9.86. The highest BCUT2D eigenvalue weighted by Crippen LogP contribution is 2.31. The Morgan fingerprint density at radius 2 is 1.89 bits per heavy atom. The van der Waals surface area contributed by atoms with Crippen molar-refractivity contribution in [2.24, 2.45) is 5.84 Å². The summed E-state index contributed by atoms with van der Waals surface area (Å²) in [6, 6.07) is 5.13. The van der Waals surface area contributed by atoms with Gasteiger partial charge < -0.3 is 0 Å². The molecule has 0 aliphatic carbocycles. The zero-order valence-corrected chi connectivity index (χ0v) is 12.6. The molecule has 3 nitrogen and oxygen atoms in total. The maximum Gasteiger partial charge on any atom is 0.126 e. The van der Waals surface area contributed by atoms with Gasteiger partial charge in [0.2, 0.25) is 0 Å². The molecular formula is C15H26FN3. The van der Waals surface area contributed by atoms with Crippen LogP contribution in [-0.4, -0.2) is 23.5 Å². The number of halogens is 1. The topological polar surface area (TPSA) is 41.3 Å². The molecule has 0 aliphatic heterocycles. The van der Waals surface area contributed by atoms with Crippen LogP contribution in [0.3, 0.4) is 0 Å². The standard InChI is InChI=1S/C15H26FN3/c1-6-19(7-2)15(4,5)14(18-17)12-8-9-13(16)11(3)10-12/h8-10,14,18H,6-7,17H2,1-5H3. The van der Waals surface area contributed by atoms with E-state index in [0.717, 1.165) is 18.7 Å². The number of benzene rings is 1. The Bertz CT molecular complexity index is 414. The molecule has 3 N–H and O–H groups in total. The van der Waals surface area contributed by atoms with Gasteiger partial charge in [-0.05, 0) is 51.1 Å². The average molecular weight is 267 g/mol. The minimum absolute atomic E-state index is 0.0494. The summed E-state index contributed by atoms with van der Waals surface area (Å²) in [5, 5.41) is 0. The summed E-state index contributed by atoms with van der Waals surface area (Å²) in [5.74, 6) is 5.58. The van der Waals surface area contributed by atoms with Crippen molar-refractivity contribution in [3.8, 4) is 0 Å². The van der Waals surface area contributed by atoms with Crippen molar-refractivity contribution in [2.75, 3.05) is 13.1 Å². The quantitative estimate of drug-likeness (QED) is 0.615. The minimum Gasteiger partial charge on any atom is -0.297 e. The molecule has 1 atom stereocenters. The molecule has 1 aromatic rings. The van der Waals surface area contributed by atoms with Crippen LogP contribution in [0.4, 0.5) is 4.39 Å². The number of hydrogen-bond acceptors (Lipinski definition) is 3. The smallest absolute Gasteiger partial charge is 0.126 e. The number of hydrogen-bond donors (Lipinski definition) is 2. The Hall–Kier alpha value is -0.970. The summed E-state index contributed by atoms with van der Waals surface area (Å²) < 4.78 is 13.4. The van der Waals surface area contributed by atoms with Crippen LogP contribution in [0.5, 0.6) is 0 Å². The fourth-order valence-corrected chi connectivity index (χ4v) is 2.78. The molecule has 108 valence electrons. The van der Waals surface area contributed by atoms with Crippen LogP contribution in [0.2, 0.25) is 0 Å². The Balaban J connectivity index is 3.14. The van der Waals surface area contributed by atoms with Gasteiger partial charge in [-0.15, -0.1) is 0 Å². The van der Waals surface area contributed by atoms with E-state index < -0.39 is 0 Å². The van der Waals surface area contributed by atoms with Gasteiger partial charge >= 0.3 is 0 Å². The number of nitrogens with one attached hydrogen (secondary N) is 1. The average Bonchev–Trinajstić information content (AvgIpc) is 2.35. The molecule has 0 aliphatic rings. The van der Waals surface area contributed by atoms with Crippen molar-refractivity contribution in [2.45, 2.75) is 46.2 Å². The molecule has 4 heteroatoms. The maximum absolute atomic E-state index is 13.4. The number of likely N-dealkylation sites (N-methyl/N-ethyl adjacent to an activating group) is 1. The molecular weight excluding hydrogens is 241 g/mol. The maximum atomic E-state index is 13.4. The zero-order chi connectivity index (χ0) is 14.6. The van der Waals surface area contributed by atoms with Crippen LogP contribution in [0.15, 0.2) is 18.2 Å². The van der Waals surface area contributed by atoms with E-state index >= 15 is 0 Å². The van der Waals surface area contributed by atoms with Gasteiger partial charge in [0.05, 0.1) is 6.04 Å². The number of nitrogens with zero attached hydrogens (tertiary/aromatic N) is 1. The normalized spacial score (nSPS) is 13.9. The second kappa shape index (κ2) is 6.46. The highest BCUT2D eigenvalue weighted by atomic mass is 19.1. The van der Waals surface area contributed by atoms with Gasteiger partial charge in [0, 0.05) is 5.54 Å². The van der Waals surface area contributed by atoms with E-state index in [-0.39, 0.29) is 17.4 Å². The van der Waals surface area contributed by atoms with Crippen LogP contribution in [-0.2, 0) is 0 Å². The van der Waals surface area contributed by atoms with Gasteiger partial charge in [0.1, 0.15) is 5.82 Å². The molecule has 0 radical (unpaired) electrons. The second-order valence-corrected chi connectivity index (χ2v) is 5.43. The first-order valence-electron chi connectivity index (χ1n) is 6.85. The molecule has 0 saturated heterocycles. The van der Waals surface area contributed by atoms with Gasteiger partial charge in [0.25, 0.3) is 0 Å². The molecule has 0 amide bonds. The number of hydrazine groups is 1. The second-order valence-electron chi connectivity index (χ2n) is 5.43. The molecule has 1 unspecified atom stereocenters. The first-order valence-corrected chi connectivity index (χ1v) is 6.85. The SMILES string of the molecule is CCN(CC)C(C)(C)C(NN)c1ccc(F)c(C)c1. The summed E-state index contributed by atoms with van der Waals surface area (Å²) in [4.78, 5) is 2.34. The van der Waals surface area contributed by atoms with Crippen molar-refractivity contribution >= 4 is 0 Å². The summed E-state index contributed by atoms with van der Waals surface area (Å²) >= 11 is 0. The molecule has 19 heavy (non-hydrogen) atoms. The van der Waals surface area contributed by atoms with E-state index in [9.17, 15) is 4.39 Å². The van der Waals surface area contributed by atoms with E-state index in [1.165, 1.54) is 6.07 Å². The highest BCUT2D eigenvalue weighted by molar-refractivity contribution is 5.28. The summed E-state index contributed by atoms with van der Waals surface area (Å²) in [6.45, 7) is 12.2. The first kappa shape index (κ1) is 16.1. The largest absolute Gasteiger partial charge is 0.297 e. The third kappa shape index (κ3) is 3.32. The van der Waals surface area contributed by atoms with Crippen LogP contribution < -0.4 is 11.3 Å². The van der Waals surface area contributed by atoms with Gasteiger partial charge in [0.15, 0.2) is 0 Å². The highest BCUT2D eigenvalue weighted by Gasteiger charge is 2.34. The van der Waals surface area contributed by atoms with E-state index in [2.05, 4.69) is 38.0 Å². The lowest BCUT2D eigenvalue weighted by Crippen LogP contribution is -2.54. The number of nitrogens with two attached hydrogens (primary N) is 1. The van der Waals surface area contributed by atoms with Crippen molar-refractivity contribution in [1.29, 1.82) is 0 Å². The Kier molecular flexibility index (Phi) is 5.47. The predicted octanol–water partition coefficient (Wildman–Crippen LogP) is 2.76. The Morgan fingerprint density at radius 3 is 2.32 bits per heavy atom. The minimum atomic E-state index is -0.180. The van der Waals surface area contributed by atoms with E-state index in [0.29, 0.717) is 5.56 Å². The van der Waals surface area contributed by atoms with Crippen LogP contribution in [0.25, 0.3) is 0 Å².